The molecule has 0 aromatic rings. The maximum Gasteiger partial charge on any atom is 0.155 e. The predicted octanol–water partition coefficient (Wildman–Crippen LogP) is 3.64. The molecule has 0 aliphatic heterocycles. The summed E-state index contributed by atoms with van der Waals surface area (Å²) in [5.41, 5.74) is -0.0470. The first-order valence-corrected chi connectivity index (χ1v) is 8.05. The minimum atomic E-state index is -3.02. The van der Waals surface area contributed by atoms with Crippen LogP contribution in [0, 0.1) is 5.41 Å². The topological polar surface area (TPSA) is 34.1 Å². The van der Waals surface area contributed by atoms with Crippen LogP contribution in [0.25, 0.3) is 0 Å². The SMILES string of the molecule is CCCC(C)(CCl)CCS(=O)(=O)C(C)(C)C. The molecule has 1 unspecified atom stereocenters. The molecule has 0 aromatic carbocycles. The summed E-state index contributed by atoms with van der Waals surface area (Å²) >= 11 is 5.94. The van der Waals surface area contributed by atoms with Crippen molar-refractivity contribution in [3.05, 3.63) is 0 Å². The highest BCUT2D eigenvalue weighted by Crippen LogP contribution is 2.31. The first-order chi connectivity index (χ1) is 7.08. The van der Waals surface area contributed by atoms with Crippen molar-refractivity contribution in [1.82, 2.24) is 0 Å². The molecule has 1 atom stereocenters. The van der Waals surface area contributed by atoms with Crippen LogP contribution in [0.2, 0.25) is 0 Å². The molecule has 2 nitrogen and oxygen atoms in total. The molecule has 0 saturated carbocycles. The number of alkyl halides is 1. The summed E-state index contributed by atoms with van der Waals surface area (Å²) in [4.78, 5) is 0. The zero-order chi connectivity index (χ0) is 13.0. The van der Waals surface area contributed by atoms with Crippen LogP contribution in [0.4, 0.5) is 0 Å². The fourth-order valence-electron chi connectivity index (χ4n) is 1.55. The second-order valence-electron chi connectivity index (χ2n) is 5.88. The molecule has 16 heavy (non-hydrogen) atoms. The molecule has 0 heterocycles. The Hall–Kier alpha value is 0.240. The van der Waals surface area contributed by atoms with Crippen molar-refractivity contribution in [1.29, 1.82) is 0 Å². The summed E-state index contributed by atoms with van der Waals surface area (Å²) in [7, 11) is -3.02. The lowest BCUT2D eigenvalue weighted by Crippen LogP contribution is -2.33. The van der Waals surface area contributed by atoms with Gasteiger partial charge in [0.2, 0.25) is 0 Å². The Morgan fingerprint density at radius 1 is 1.06 bits per heavy atom. The Morgan fingerprint density at radius 2 is 1.56 bits per heavy atom. The highest BCUT2D eigenvalue weighted by Gasteiger charge is 2.32. The maximum atomic E-state index is 12.0. The molecule has 0 saturated heterocycles. The first kappa shape index (κ1) is 16.2. The number of hydrogen-bond donors (Lipinski definition) is 0. The lowest BCUT2D eigenvalue weighted by Gasteiger charge is -2.28. The maximum absolute atomic E-state index is 12.0. The molecule has 0 N–H and O–H groups in total. The first-order valence-electron chi connectivity index (χ1n) is 5.86. The smallest absolute Gasteiger partial charge is 0.155 e. The predicted molar refractivity (Wildman–Crippen MR) is 71.9 cm³/mol. The van der Waals surface area contributed by atoms with Gasteiger partial charge in [-0.15, -0.1) is 11.6 Å². The highest BCUT2D eigenvalue weighted by molar-refractivity contribution is 7.92. The van der Waals surface area contributed by atoms with E-state index in [4.69, 9.17) is 11.6 Å². The van der Waals surface area contributed by atoms with Gasteiger partial charge in [-0.05, 0) is 39.0 Å². The second-order valence-corrected chi connectivity index (χ2v) is 9.01. The van der Waals surface area contributed by atoms with E-state index in [-0.39, 0.29) is 11.2 Å². The van der Waals surface area contributed by atoms with Crippen molar-refractivity contribution in [2.75, 3.05) is 11.6 Å². The molecule has 0 rings (SSSR count). The van der Waals surface area contributed by atoms with Crippen LogP contribution in [-0.2, 0) is 9.84 Å². The van der Waals surface area contributed by atoms with E-state index in [9.17, 15) is 8.42 Å². The Morgan fingerprint density at radius 3 is 1.88 bits per heavy atom. The summed E-state index contributed by atoms with van der Waals surface area (Å²) in [5, 5.41) is 0. The third-order valence-electron chi connectivity index (χ3n) is 3.08. The zero-order valence-electron chi connectivity index (χ0n) is 11.1. The third kappa shape index (κ3) is 4.62. The van der Waals surface area contributed by atoms with Gasteiger partial charge in [0, 0.05) is 5.88 Å². The second kappa shape index (κ2) is 5.72. The molecule has 0 aromatic heterocycles. The zero-order valence-corrected chi connectivity index (χ0v) is 12.7. The van der Waals surface area contributed by atoms with Crippen LogP contribution >= 0.6 is 11.6 Å². The fourth-order valence-corrected chi connectivity index (χ4v) is 3.19. The van der Waals surface area contributed by atoms with Crippen LogP contribution in [-0.4, -0.2) is 24.8 Å². The van der Waals surface area contributed by atoms with E-state index in [0.717, 1.165) is 12.8 Å². The van der Waals surface area contributed by atoms with Gasteiger partial charge >= 0.3 is 0 Å². The molecule has 4 heteroatoms. The van der Waals surface area contributed by atoms with E-state index in [1.807, 2.05) is 0 Å². The lowest BCUT2D eigenvalue weighted by molar-refractivity contribution is 0.324. The van der Waals surface area contributed by atoms with Crippen LogP contribution in [0.15, 0.2) is 0 Å². The van der Waals surface area contributed by atoms with Crippen molar-refractivity contribution < 1.29 is 8.42 Å². The molecule has 0 spiro atoms. The van der Waals surface area contributed by atoms with Crippen molar-refractivity contribution in [3.8, 4) is 0 Å². The van der Waals surface area contributed by atoms with Gasteiger partial charge in [-0.3, -0.25) is 0 Å². The van der Waals surface area contributed by atoms with E-state index >= 15 is 0 Å². The summed E-state index contributed by atoms with van der Waals surface area (Å²) in [6.45, 7) is 9.42. The summed E-state index contributed by atoms with van der Waals surface area (Å²) < 4.78 is 23.3. The molecular weight excluding hydrogens is 244 g/mol. The van der Waals surface area contributed by atoms with Crippen molar-refractivity contribution >= 4 is 21.4 Å². The quantitative estimate of drug-likeness (QED) is 0.690. The normalized spacial score (nSPS) is 17.1. The van der Waals surface area contributed by atoms with E-state index in [1.54, 1.807) is 20.8 Å². The average molecular weight is 269 g/mol. The number of halogens is 1. The number of rotatable bonds is 6. The van der Waals surface area contributed by atoms with Gasteiger partial charge in [-0.1, -0.05) is 20.3 Å². The van der Waals surface area contributed by atoms with Gasteiger partial charge in [0.1, 0.15) is 0 Å². The minimum Gasteiger partial charge on any atom is -0.228 e. The van der Waals surface area contributed by atoms with E-state index in [0.29, 0.717) is 12.3 Å². The van der Waals surface area contributed by atoms with Crippen LogP contribution in [0.5, 0.6) is 0 Å². The van der Waals surface area contributed by atoms with E-state index in [1.165, 1.54) is 0 Å². The molecule has 98 valence electrons. The van der Waals surface area contributed by atoms with Crippen molar-refractivity contribution in [2.24, 2.45) is 5.41 Å². The molecule has 0 fully saturated rings. The Labute approximate surface area is 106 Å². The van der Waals surface area contributed by atoms with Crippen molar-refractivity contribution in [3.63, 3.8) is 0 Å². The minimum absolute atomic E-state index is 0.0470. The lowest BCUT2D eigenvalue weighted by atomic mass is 9.85. The molecule has 0 aliphatic rings. The van der Waals surface area contributed by atoms with Gasteiger partial charge in [-0.25, -0.2) is 8.42 Å². The summed E-state index contributed by atoms with van der Waals surface area (Å²) in [5.74, 6) is 0.764. The molecule has 0 bridgehead atoms. The third-order valence-corrected chi connectivity index (χ3v) is 6.34. The Kier molecular flexibility index (Phi) is 5.81. The fraction of sp³-hybridized carbons (Fsp3) is 1.00. The number of hydrogen-bond acceptors (Lipinski definition) is 2. The molecule has 0 radical (unpaired) electrons. The largest absolute Gasteiger partial charge is 0.228 e. The molecule has 0 amide bonds. The van der Waals surface area contributed by atoms with Crippen molar-refractivity contribution in [2.45, 2.75) is 58.6 Å². The molecular formula is C12H25ClO2S. The van der Waals surface area contributed by atoms with E-state index < -0.39 is 14.6 Å². The Bertz CT molecular complexity index is 303. The van der Waals surface area contributed by atoms with Gasteiger partial charge in [-0.2, -0.15) is 0 Å². The van der Waals surface area contributed by atoms with Gasteiger partial charge in [0.05, 0.1) is 10.5 Å². The molecule has 0 aliphatic carbocycles. The standard InChI is InChI=1S/C12H25ClO2S/c1-6-7-12(5,10-13)8-9-16(14,15)11(2,3)4/h6-10H2,1-5H3. The van der Waals surface area contributed by atoms with Gasteiger partial charge < -0.3 is 0 Å². The highest BCUT2D eigenvalue weighted by atomic mass is 35.5. The number of sulfone groups is 1. The van der Waals surface area contributed by atoms with Crippen LogP contribution in [0.1, 0.15) is 53.9 Å². The average Bonchev–Trinajstić information content (AvgIpc) is 2.14. The van der Waals surface area contributed by atoms with Crippen LogP contribution in [0.3, 0.4) is 0 Å². The Balaban J connectivity index is 4.56. The summed E-state index contributed by atoms with van der Waals surface area (Å²) in [6.07, 6.45) is 2.68. The van der Waals surface area contributed by atoms with Gasteiger partial charge in [0.15, 0.2) is 9.84 Å². The monoisotopic (exact) mass is 268 g/mol. The van der Waals surface area contributed by atoms with Gasteiger partial charge in [0.25, 0.3) is 0 Å². The summed E-state index contributed by atoms with van der Waals surface area (Å²) in [6, 6.07) is 0. The van der Waals surface area contributed by atoms with E-state index in [2.05, 4.69) is 13.8 Å². The van der Waals surface area contributed by atoms with Crippen LogP contribution < -0.4 is 0 Å².